The van der Waals surface area contributed by atoms with Gasteiger partial charge in [0.15, 0.2) is 0 Å². The molecule has 0 aliphatic carbocycles. The molecular formula is C21H24BrFN2O2. The minimum absolute atomic E-state index is 0.111. The molecule has 0 aliphatic rings. The third-order valence-corrected chi connectivity index (χ3v) is 4.80. The van der Waals surface area contributed by atoms with Crippen molar-refractivity contribution in [2.45, 2.75) is 45.7 Å². The third kappa shape index (κ3) is 6.79. The molecule has 0 spiro atoms. The lowest BCUT2D eigenvalue weighted by Crippen LogP contribution is -2.32. The lowest BCUT2D eigenvalue weighted by atomic mass is 10.1. The molecule has 0 heterocycles. The van der Waals surface area contributed by atoms with Gasteiger partial charge in [-0.15, -0.1) is 0 Å². The van der Waals surface area contributed by atoms with Crippen LogP contribution >= 0.6 is 15.9 Å². The molecule has 1 atom stereocenters. The highest BCUT2D eigenvalue weighted by Crippen LogP contribution is 2.16. The van der Waals surface area contributed by atoms with Crippen LogP contribution in [0.25, 0.3) is 0 Å². The Bertz CT molecular complexity index is 811. The number of benzene rings is 2. The molecule has 27 heavy (non-hydrogen) atoms. The van der Waals surface area contributed by atoms with Gasteiger partial charge in [-0.25, -0.2) is 4.39 Å². The zero-order chi connectivity index (χ0) is 19.8. The molecule has 0 aromatic heterocycles. The number of carbonyl (C=O) groups is 2. The Hall–Kier alpha value is -2.21. The minimum atomic E-state index is -0.322. The van der Waals surface area contributed by atoms with E-state index >= 15 is 0 Å². The summed E-state index contributed by atoms with van der Waals surface area (Å²) in [5.41, 5.74) is 1.92. The highest BCUT2D eigenvalue weighted by molar-refractivity contribution is 9.10. The summed E-state index contributed by atoms with van der Waals surface area (Å²) in [5, 5.41) is 5.74. The predicted octanol–water partition coefficient (Wildman–Crippen LogP) is 4.37. The average Bonchev–Trinajstić information content (AvgIpc) is 2.65. The molecule has 2 amide bonds. The summed E-state index contributed by atoms with van der Waals surface area (Å²) in [6.07, 6.45) is 1.40. The summed E-state index contributed by atoms with van der Waals surface area (Å²) in [6.45, 7) is 4.29. The van der Waals surface area contributed by atoms with Gasteiger partial charge in [-0.2, -0.15) is 0 Å². The number of hydrogen-bond acceptors (Lipinski definition) is 2. The summed E-state index contributed by atoms with van der Waals surface area (Å²) in [7, 11) is 0. The minimum Gasteiger partial charge on any atom is -0.352 e. The van der Waals surface area contributed by atoms with E-state index < -0.39 is 0 Å². The van der Waals surface area contributed by atoms with E-state index in [0.29, 0.717) is 28.6 Å². The van der Waals surface area contributed by atoms with Crippen molar-refractivity contribution in [1.82, 2.24) is 10.6 Å². The lowest BCUT2D eigenvalue weighted by Gasteiger charge is -2.12. The molecule has 0 bridgehead atoms. The van der Waals surface area contributed by atoms with Gasteiger partial charge in [0, 0.05) is 29.0 Å². The highest BCUT2D eigenvalue weighted by Gasteiger charge is 2.10. The predicted molar refractivity (Wildman–Crippen MR) is 108 cm³/mol. The fourth-order valence-corrected chi connectivity index (χ4v) is 2.83. The van der Waals surface area contributed by atoms with Crippen LogP contribution in [-0.2, 0) is 17.8 Å². The van der Waals surface area contributed by atoms with Crippen molar-refractivity contribution in [3.05, 3.63) is 69.4 Å². The first-order valence-corrected chi connectivity index (χ1v) is 9.78. The molecule has 2 aromatic carbocycles. The van der Waals surface area contributed by atoms with Crippen LogP contribution in [0.15, 0.2) is 46.9 Å². The van der Waals surface area contributed by atoms with Gasteiger partial charge in [-0.1, -0.05) is 41.1 Å². The Morgan fingerprint density at radius 1 is 1.19 bits per heavy atom. The lowest BCUT2D eigenvalue weighted by molar-refractivity contribution is -0.121. The monoisotopic (exact) mass is 434 g/mol. The molecule has 2 aromatic rings. The molecule has 0 saturated heterocycles. The maximum atomic E-state index is 13.8. The van der Waals surface area contributed by atoms with Crippen molar-refractivity contribution in [3.63, 3.8) is 0 Å². The number of halogens is 2. The van der Waals surface area contributed by atoms with E-state index in [4.69, 9.17) is 0 Å². The molecule has 4 nitrogen and oxygen atoms in total. The van der Waals surface area contributed by atoms with Gasteiger partial charge in [-0.3, -0.25) is 9.59 Å². The van der Waals surface area contributed by atoms with Gasteiger partial charge in [-0.05, 0) is 55.2 Å². The van der Waals surface area contributed by atoms with Gasteiger partial charge in [0.2, 0.25) is 5.91 Å². The zero-order valence-corrected chi connectivity index (χ0v) is 17.1. The molecule has 0 radical (unpaired) electrons. The van der Waals surface area contributed by atoms with Gasteiger partial charge in [0.1, 0.15) is 5.82 Å². The van der Waals surface area contributed by atoms with Crippen LogP contribution in [0.4, 0.5) is 4.39 Å². The van der Waals surface area contributed by atoms with Crippen LogP contribution in [-0.4, -0.2) is 17.9 Å². The summed E-state index contributed by atoms with van der Waals surface area (Å²) in [6, 6.07) is 12.1. The van der Waals surface area contributed by atoms with E-state index in [1.165, 1.54) is 6.07 Å². The van der Waals surface area contributed by atoms with E-state index in [0.717, 1.165) is 12.0 Å². The summed E-state index contributed by atoms with van der Waals surface area (Å²) < 4.78 is 14.5. The van der Waals surface area contributed by atoms with Crippen molar-refractivity contribution >= 4 is 27.7 Å². The molecule has 0 aliphatic heterocycles. The van der Waals surface area contributed by atoms with Gasteiger partial charge in [0.25, 0.3) is 5.91 Å². The number of amides is 2. The van der Waals surface area contributed by atoms with Gasteiger partial charge >= 0.3 is 0 Å². The van der Waals surface area contributed by atoms with E-state index in [9.17, 15) is 14.0 Å². The van der Waals surface area contributed by atoms with Gasteiger partial charge < -0.3 is 10.6 Å². The van der Waals surface area contributed by atoms with Crippen LogP contribution in [0.1, 0.15) is 48.2 Å². The number of carbonyl (C=O) groups excluding carboxylic acids is 2. The Kier molecular flexibility index (Phi) is 7.98. The molecule has 6 heteroatoms. The first kappa shape index (κ1) is 21.1. The molecule has 2 N–H and O–H groups in total. The third-order valence-electron chi connectivity index (χ3n) is 4.31. The van der Waals surface area contributed by atoms with E-state index in [2.05, 4.69) is 26.6 Å². The Labute approximate surface area is 167 Å². The smallest absolute Gasteiger partial charge is 0.251 e. The van der Waals surface area contributed by atoms with Crippen molar-refractivity contribution in [3.8, 4) is 0 Å². The second-order valence-electron chi connectivity index (χ2n) is 6.50. The summed E-state index contributed by atoms with van der Waals surface area (Å²) in [4.78, 5) is 24.2. The maximum Gasteiger partial charge on any atom is 0.251 e. The van der Waals surface area contributed by atoms with E-state index in [-0.39, 0.29) is 30.1 Å². The van der Waals surface area contributed by atoms with Crippen LogP contribution < -0.4 is 10.6 Å². The molecular weight excluding hydrogens is 411 g/mol. The Morgan fingerprint density at radius 2 is 1.96 bits per heavy atom. The number of nitrogens with one attached hydrogen (secondary N) is 2. The number of hydrogen-bond donors (Lipinski definition) is 2. The van der Waals surface area contributed by atoms with E-state index in [1.54, 1.807) is 30.3 Å². The summed E-state index contributed by atoms with van der Waals surface area (Å²) in [5.74, 6) is -0.604. The van der Waals surface area contributed by atoms with Crippen molar-refractivity contribution < 1.29 is 14.0 Å². The van der Waals surface area contributed by atoms with Crippen molar-refractivity contribution in [2.75, 3.05) is 0 Å². The quantitative estimate of drug-likeness (QED) is 0.647. The fourth-order valence-electron chi connectivity index (χ4n) is 2.49. The first-order chi connectivity index (χ1) is 12.9. The normalized spacial score (nSPS) is 11.7. The number of aryl methyl sites for hydroxylation is 1. The van der Waals surface area contributed by atoms with Gasteiger partial charge in [0.05, 0.1) is 0 Å². The zero-order valence-electron chi connectivity index (χ0n) is 15.5. The van der Waals surface area contributed by atoms with Crippen LogP contribution in [0.3, 0.4) is 0 Å². The van der Waals surface area contributed by atoms with Crippen LogP contribution in [0, 0.1) is 5.82 Å². The second-order valence-corrected chi connectivity index (χ2v) is 7.41. The van der Waals surface area contributed by atoms with Crippen LogP contribution in [0.2, 0.25) is 0 Å². The SMILES string of the molecule is CCC(C)NC(=O)c1cccc(CNC(=O)CCc2ccc(Br)cc2F)c1. The molecule has 0 saturated carbocycles. The Balaban J connectivity index is 1.86. The molecule has 0 fully saturated rings. The maximum absolute atomic E-state index is 13.8. The Morgan fingerprint density at radius 3 is 2.67 bits per heavy atom. The standard InChI is InChI=1S/C21H24BrFN2O2/c1-3-14(2)25-21(27)17-6-4-5-15(11-17)13-24-20(26)10-8-16-7-9-18(22)12-19(16)23/h4-7,9,11-12,14H,3,8,10,13H2,1-2H3,(H,24,26)(H,25,27). The fraction of sp³-hybridized carbons (Fsp3) is 0.333. The molecule has 1 unspecified atom stereocenters. The number of rotatable bonds is 8. The first-order valence-electron chi connectivity index (χ1n) is 8.99. The molecule has 2 rings (SSSR count). The van der Waals surface area contributed by atoms with Crippen molar-refractivity contribution in [1.29, 1.82) is 0 Å². The average molecular weight is 435 g/mol. The van der Waals surface area contributed by atoms with Crippen LogP contribution in [0.5, 0.6) is 0 Å². The second kappa shape index (κ2) is 10.2. The topological polar surface area (TPSA) is 58.2 Å². The largest absolute Gasteiger partial charge is 0.352 e. The molecule has 144 valence electrons. The summed E-state index contributed by atoms with van der Waals surface area (Å²) >= 11 is 3.21. The van der Waals surface area contributed by atoms with E-state index in [1.807, 2.05) is 19.9 Å². The highest BCUT2D eigenvalue weighted by atomic mass is 79.9. The van der Waals surface area contributed by atoms with Crippen molar-refractivity contribution in [2.24, 2.45) is 0 Å².